The van der Waals surface area contributed by atoms with E-state index < -0.39 is 16.1 Å². The first-order valence-corrected chi connectivity index (χ1v) is 14.6. The smallest absolute Gasteiger partial charge is 0.242 e. The Morgan fingerprint density at radius 2 is 1.81 bits per heavy atom. The fraction of sp³-hybridized carbons (Fsp3) is 0.462. The predicted molar refractivity (Wildman–Crippen MR) is 147 cm³/mol. The Balaban J connectivity index is 2.18. The highest BCUT2D eigenvalue weighted by molar-refractivity contribution is 7.92. The standard InChI is InChI=1S/C26H35Cl2N3O4S/c1-5-6-14-29-26(33)20(3)30(18-21-10-7-9-19(2)16-21)25(32)11-8-15-31(36(4,34)35)24-17-22(27)12-13-23(24)28/h7,9-10,12-13,16-17,20H,5-6,8,11,14-15,18H2,1-4H3,(H,29,33)/t20-/m1/s1. The number of anilines is 1. The maximum atomic E-state index is 13.3. The summed E-state index contributed by atoms with van der Waals surface area (Å²) in [4.78, 5) is 27.6. The average molecular weight is 557 g/mol. The van der Waals surface area contributed by atoms with Gasteiger partial charge in [-0.1, -0.05) is 66.4 Å². The summed E-state index contributed by atoms with van der Waals surface area (Å²) in [6, 6.07) is 11.7. The van der Waals surface area contributed by atoms with Crippen LogP contribution in [0.15, 0.2) is 42.5 Å². The molecule has 0 bridgehead atoms. The Kier molecular flexibility index (Phi) is 11.5. The molecule has 0 saturated carbocycles. The Morgan fingerprint density at radius 3 is 2.44 bits per heavy atom. The monoisotopic (exact) mass is 555 g/mol. The van der Waals surface area contributed by atoms with Gasteiger partial charge < -0.3 is 10.2 Å². The highest BCUT2D eigenvalue weighted by Crippen LogP contribution is 2.31. The van der Waals surface area contributed by atoms with Gasteiger partial charge in [0.05, 0.1) is 17.0 Å². The van der Waals surface area contributed by atoms with Crippen molar-refractivity contribution in [2.75, 3.05) is 23.7 Å². The van der Waals surface area contributed by atoms with E-state index in [0.717, 1.165) is 34.5 Å². The molecule has 198 valence electrons. The summed E-state index contributed by atoms with van der Waals surface area (Å²) < 4.78 is 26.1. The summed E-state index contributed by atoms with van der Waals surface area (Å²) in [5.41, 5.74) is 2.24. The van der Waals surface area contributed by atoms with E-state index in [4.69, 9.17) is 23.2 Å². The van der Waals surface area contributed by atoms with E-state index in [2.05, 4.69) is 5.32 Å². The second-order valence-corrected chi connectivity index (χ2v) is 11.6. The van der Waals surface area contributed by atoms with E-state index in [9.17, 15) is 18.0 Å². The molecule has 1 N–H and O–H groups in total. The highest BCUT2D eigenvalue weighted by atomic mass is 35.5. The van der Waals surface area contributed by atoms with Crippen LogP contribution in [0.3, 0.4) is 0 Å². The first-order chi connectivity index (χ1) is 16.9. The number of sulfonamides is 1. The van der Waals surface area contributed by atoms with E-state index >= 15 is 0 Å². The minimum atomic E-state index is -3.67. The van der Waals surface area contributed by atoms with Crippen molar-refractivity contribution in [3.8, 4) is 0 Å². The molecule has 0 saturated heterocycles. The van der Waals surface area contributed by atoms with Crippen molar-refractivity contribution >= 4 is 50.7 Å². The first kappa shape index (κ1) is 29.9. The van der Waals surface area contributed by atoms with Crippen LogP contribution in [-0.2, 0) is 26.2 Å². The Labute approximate surface area is 224 Å². The number of hydrogen-bond donors (Lipinski definition) is 1. The van der Waals surface area contributed by atoms with Gasteiger partial charge >= 0.3 is 0 Å². The lowest BCUT2D eigenvalue weighted by molar-refractivity contribution is -0.140. The minimum absolute atomic E-state index is 0.0417. The molecule has 2 rings (SSSR count). The second-order valence-electron chi connectivity index (χ2n) is 8.87. The third-order valence-electron chi connectivity index (χ3n) is 5.76. The number of carbonyl (C=O) groups is 2. The third-order valence-corrected chi connectivity index (χ3v) is 7.50. The lowest BCUT2D eigenvalue weighted by Crippen LogP contribution is -2.48. The second kappa shape index (κ2) is 13.9. The van der Waals surface area contributed by atoms with Gasteiger partial charge in [0.1, 0.15) is 6.04 Å². The van der Waals surface area contributed by atoms with Crippen molar-refractivity contribution in [3.63, 3.8) is 0 Å². The van der Waals surface area contributed by atoms with E-state index in [-0.39, 0.29) is 48.5 Å². The van der Waals surface area contributed by atoms with Gasteiger partial charge in [-0.3, -0.25) is 13.9 Å². The zero-order valence-electron chi connectivity index (χ0n) is 21.3. The maximum absolute atomic E-state index is 13.3. The third kappa shape index (κ3) is 8.98. The van der Waals surface area contributed by atoms with Gasteiger partial charge in [0.15, 0.2) is 0 Å². The van der Waals surface area contributed by atoms with Crippen molar-refractivity contribution in [1.29, 1.82) is 0 Å². The number of benzene rings is 2. The van der Waals surface area contributed by atoms with Crippen molar-refractivity contribution in [2.45, 2.75) is 59.0 Å². The zero-order chi connectivity index (χ0) is 26.9. The van der Waals surface area contributed by atoms with Crippen LogP contribution in [0.2, 0.25) is 10.0 Å². The van der Waals surface area contributed by atoms with Gasteiger partial charge in [0.25, 0.3) is 0 Å². The van der Waals surface area contributed by atoms with Crippen molar-refractivity contribution in [1.82, 2.24) is 10.2 Å². The van der Waals surface area contributed by atoms with Crippen molar-refractivity contribution in [2.24, 2.45) is 0 Å². The molecule has 0 aliphatic heterocycles. The van der Waals surface area contributed by atoms with Crippen LogP contribution in [0.5, 0.6) is 0 Å². The van der Waals surface area contributed by atoms with Gasteiger partial charge in [-0.25, -0.2) is 8.42 Å². The SMILES string of the molecule is CCCCNC(=O)[C@@H](C)N(Cc1cccc(C)c1)C(=O)CCCN(c1cc(Cl)ccc1Cl)S(C)(=O)=O. The number of hydrogen-bond acceptors (Lipinski definition) is 4. The summed E-state index contributed by atoms with van der Waals surface area (Å²) in [5, 5.41) is 3.49. The lowest BCUT2D eigenvalue weighted by atomic mass is 10.1. The molecule has 0 radical (unpaired) electrons. The number of amides is 2. The Bertz CT molecular complexity index is 1160. The number of carbonyl (C=O) groups excluding carboxylic acids is 2. The number of unbranched alkanes of at least 4 members (excludes halogenated alkanes) is 1. The summed E-state index contributed by atoms with van der Waals surface area (Å²) in [5.74, 6) is -0.451. The number of nitrogens with one attached hydrogen (secondary N) is 1. The van der Waals surface area contributed by atoms with Crippen LogP contribution in [-0.4, -0.2) is 50.5 Å². The molecular formula is C26H35Cl2N3O4S. The molecule has 1 atom stereocenters. The molecule has 0 aliphatic carbocycles. The maximum Gasteiger partial charge on any atom is 0.242 e. The van der Waals surface area contributed by atoms with E-state index in [1.54, 1.807) is 17.9 Å². The quantitative estimate of drug-likeness (QED) is 0.345. The Hall–Kier alpha value is -2.29. The van der Waals surface area contributed by atoms with Crippen LogP contribution in [0.4, 0.5) is 5.69 Å². The molecule has 0 unspecified atom stereocenters. The van der Waals surface area contributed by atoms with Crippen LogP contribution in [0.25, 0.3) is 0 Å². The summed E-state index contributed by atoms with van der Waals surface area (Å²) in [6.45, 7) is 6.59. The molecule has 0 spiro atoms. The van der Waals surface area contributed by atoms with E-state index in [1.807, 2.05) is 38.1 Å². The molecule has 2 aromatic rings. The number of rotatable bonds is 13. The molecule has 7 nitrogen and oxygen atoms in total. The lowest BCUT2D eigenvalue weighted by Gasteiger charge is -2.29. The molecule has 0 heterocycles. The molecule has 0 aliphatic rings. The summed E-state index contributed by atoms with van der Waals surface area (Å²) >= 11 is 12.3. The molecule has 10 heteroatoms. The van der Waals surface area contributed by atoms with E-state index in [0.29, 0.717) is 11.6 Å². The normalized spacial score (nSPS) is 12.2. The van der Waals surface area contributed by atoms with Gasteiger partial charge in [0.2, 0.25) is 21.8 Å². The predicted octanol–water partition coefficient (Wildman–Crippen LogP) is 5.18. The zero-order valence-corrected chi connectivity index (χ0v) is 23.6. The first-order valence-electron chi connectivity index (χ1n) is 12.0. The topological polar surface area (TPSA) is 86.8 Å². The average Bonchev–Trinajstić information content (AvgIpc) is 2.81. The van der Waals surface area contributed by atoms with Crippen LogP contribution >= 0.6 is 23.2 Å². The molecular weight excluding hydrogens is 521 g/mol. The van der Waals surface area contributed by atoms with Gasteiger partial charge in [-0.2, -0.15) is 0 Å². The number of halogens is 2. The highest BCUT2D eigenvalue weighted by Gasteiger charge is 2.27. The van der Waals surface area contributed by atoms with Crippen molar-refractivity contribution in [3.05, 3.63) is 63.6 Å². The number of nitrogens with zero attached hydrogens (tertiary/aromatic N) is 2. The molecule has 2 aromatic carbocycles. The van der Waals surface area contributed by atoms with Crippen LogP contribution in [0.1, 0.15) is 50.7 Å². The fourth-order valence-electron chi connectivity index (χ4n) is 3.79. The van der Waals surface area contributed by atoms with Crippen LogP contribution in [0, 0.1) is 6.92 Å². The largest absolute Gasteiger partial charge is 0.354 e. The minimum Gasteiger partial charge on any atom is -0.354 e. The van der Waals surface area contributed by atoms with Crippen molar-refractivity contribution < 1.29 is 18.0 Å². The summed E-state index contributed by atoms with van der Waals surface area (Å²) in [7, 11) is -3.67. The van der Waals surface area contributed by atoms with Crippen LogP contribution < -0.4 is 9.62 Å². The Morgan fingerprint density at radius 1 is 1.08 bits per heavy atom. The van der Waals surface area contributed by atoms with E-state index in [1.165, 1.54) is 12.1 Å². The molecule has 0 fully saturated rings. The number of aryl methyl sites for hydroxylation is 1. The van der Waals surface area contributed by atoms with Gasteiger partial charge in [-0.15, -0.1) is 0 Å². The van der Waals surface area contributed by atoms with Gasteiger partial charge in [0, 0.05) is 31.1 Å². The molecule has 2 amide bonds. The fourth-order valence-corrected chi connectivity index (χ4v) is 5.19. The summed E-state index contributed by atoms with van der Waals surface area (Å²) in [6.07, 6.45) is 3.19. The van der Waals surface area contributed by atoms with Gasteiger partial charge in [-0.05, 0) is 50.5 Å². The molecule has 0 aromatic heterocycles. The molecule has 36 heavy (non-hydrogen) atoms.